The molecule has 0 aliphatic carbocycles. The predicted octanol–water partition coefficient (Wildman–Crippen LogP) is 5.47. The van der Waals surface area contributed by atoms with Crippen molar-refractivity contribution >= 4 is 57.3 Å². The van der Waals surface area contributed by atoms with E-state index in [1.54, 1.807) is 6.07 Å². The Kier molecular flexibility index (Phi) is 3.64. The Balaban J connectivity index is 2.13. The van der Waals surface area contributed by atoms with Crippen molar-refractivity contribution in [1.29, 1.82) is 5.26 Å². The van der Waals surface area contributed by atoms with Gasteiger partial charge in [-0.05, 0) is 18.2 Å². The zero-order valence-corrected chi connectivity index (χ0v) is 12.5. The molecule has 0 radical (unpaired) electrons. The Morgan fingerprint density at radius 1 is 1.19 bits per heavy atom. The van der Waals surface area contributed by atoms with Crippen molar-refractivity contribution in [2.75, 3.05) is 5.32 Å². The minimum atomic E-state index is -0.611. The maximum atomic E-state index is 13.6. The van der Waals surface area contributed by atoms with E-state index in [4.69, 9.17) is 28.5 Å². The van der Waals surface area contributed by atoms with E-state index < -0.39 is 5.82 Å². The first-order valence-corrected chi connectivity index (χ1v) is 7.16. The van der Waals surface area contributed by atoms with Gasteiger partial charge >= 0.3 is 0 Å². The van der Waals surface area contributed by atoms with Gasteiger partial charge in [0.15, 0.2) is 0 Å². The summed E-state index contributed by atoms with van der Waals surface area (Å²) in [6.07, 6.45) is 0. The van der Waals surface area contributed by atoms with Crippen molar-refractivity contribution in [3.8, 4) is 6.07 Å². The van der Waals surface area contributed by atoms with E-state index >= 15 is 0 Å². The van der Waals surface area contributed by atoms with Crippen LogP contribution in [0, 0.1) is 17.1 Å². The molecule has 0 saturated heterocycles. The SMILES string of the molecule is N#Cc1c(F)cccc1Nc1c(Cl)cc(Cl)c2c1N=S=N2. The van der Waals surface area contributed by atoms with E-state index in [1.807, 2.05) is 6.07 Å². The standard InChI is InChI=1S/C13H5Cl2FN4S/c14-7-4-8(15)12-13(20-21-19-12)11(7)18-10-3-1-2-9(16)6(10)5-17/h1-4,18H. The molecule has 0 bridgehead atoms. The average Bonchev–Trinajstić information content (AvgIpc) is 2.93. The summed E-state index contributed by atoms with van der Waals surface area (Å²) in [6.45, 7) is 0. The molecule has 1 aliphatic heterocycles. The molecule has 0 spiro atoms. The van der Waals surface area contributed by atoms with Gasteiger partial charge in [-0.15, -0.1) is 0 Å². The molecule has 1 heterocycles. The molecule has 2 aromatic rings. The number of fused-ring (bicyclic) bond motifs is 1. The monoisotopic (exact) mass is 338 g/mol. The first kappa shape index (κ1) is 14.0. The molecule has 3 rings (SSSR count). The van der Waals surface area contributed by atoms with Crippen LogP contribution < -0.4 is 5.32 Å². The number of nitrogens with zero attached hydrogens (tertiary/aromatic N) is 3. The van der Waals surface area contributed by atoms with E-state index in [2.05, 4.69) is 14.0 Å². The van der Waals surface area contributed by atoms with Gasteiger partial charge in [0.05, 0.1) is 32.8 Å². The minimum absolute atomic E-state index is 0.0974. The molecule has 0 saturated carbocycles. The van der Waals surface area contributed by atoms with Gasteiger partial charge in [0.1, 0.15) is 28.8 Å². The fraction of sp³-hybridized carbons (Fsp3) is 0. The highest BCUT2D eigenvalue weighted by Crippen LogP contribution is 2.48. The molecule has 2 aromatic carbocycles. The molecule has 0 unspecified atom stereocenters. The third-order valence-electron chi connectivity index (χ3n) is 2.83. The molecule has 0 fully saturated rings. The highest BCUT2D eigenvalue weighted by Gasteiger charge is 2.20. The number of hydrogen-bond donors (Lipinski definition) is 1. The molecule has 104 valence electrons. The van der Waals surface area contributed by atoms with Gasteiger partial charge in [0.25, 0.3) is 0 Å². The summed E-state index contributed by atoms with van der Waals surface area (Å²) < 4.78 is 21.8. The Labute approximate surface area is 133 Å². The Morgan fingerprint density at radius 3 is 2.71 bits per heavy atom. The number of benzene rings is 2. The van der Waals surface area contributed by atoms with Crippen LogP contribution >= 0.6 is 23.2 Å². The molecule has 21 heavy (non-hydrogen) atoms. The Bertz CT molecular complexity index is 869. The normalized spacial score (nSPS) is 11.7. The van der Waals surface area contributed by atoms with Gasteiger partial charge in [-0.25, -0.2) is 4.39 Å². The van der Waals surface area contributed by atoms with Gasteiger partial charge in [0.2, 0.25) is 0 Å². The number of rotatable bonds is 2. The zero-order valence-electron chi connectivity index (χ0n) is 10.2. The maximum absolute atomic E-state index is 13.6. The molecule has 1 aliphatic rings. The highest BCUT2D eigenvalue weighted by atomic mass is 35.5. The number of anilines is 2. The number of halogens is 3. The lowest BCUT2D eigenvalue weighted by atomic mass is 10.1. The van der Waals surface area contributed by atoms with E-state index in [1.165, 1.54) is 18.2 Å². The van der Waals surface area contributed by atoms with Crippen molar-refractivity contribution in [3.63, 3.8) is 0 Å². The number of nitrogens with one attached hydrogen (secondary N) is 1. The van der Waals surface area contributed by atoms with Gasteiger partial charge in [-0.2, -0.15) is 14.0 Å². The van der Waals surface area contributed by atoms with E-state index in [9.17, 15) is 4.39 Å². The zero-order chi connectivity index (χ0) is 15.0. The molecule has 0 amide bonds. The second-order valence-electron chi connectivity index (χ2n) is 4.08. The quantitative estimate of drug-likeness (QED) is 0.672. The predicted molar refractivity (Wildman–Crippen MR) is 82.4 cm³/mol. The van der Waals surface area contributed by atoms with Gasteiger partial charge in [-0.1, -0.05) is 29.3 Å². The smallest absolute Gasteiger partial charge is 0.143 e. The van der Waals surface area contributed by atoms with Crippen LogP contribution in [0.2, 0.25) is 10.0 Å². The summed E-state index contributed by atoms with van der Waals surface area (Å²) in [4.78, 5) is 0. The summed E-state index contributed by atoms with van der Waals surface area (Å²) in [5.74, 6) is -0.611. The number of hydrogen-bond acceptors (Lipinski definition) is 4. The van der Waals surface area contributed by atoms with E-state index in [-0.39, 0.29) is 5.56 Å². The summed E-state index contributed by atoms with van der Waals surface area (Å²) in [6, 6.07) is 7.64. The van der Waals surface area contributed by atoms with Gasteiger partial charge in [0, 0.05) is 0 Å². The lowest BCUT2D eigenvalue weighted by molar-refractivity contribution is 0.624. The highest BCUT2D eigenvalue weighted by molar-refractivity contribution is 7.58. The van der Waals surface area contributed by atoms with Crippen LogP contribution in [0.15, 0.2) is 33.0 Å². The lowest BCUT2D eigenvalue weighted by Gasteiger charge is -2.13. The van der Waals surface area contributed by atoms with E-state index in [0.717, 1.165) is 11.4 Å². The van der Waals surface area contributed by atoms with Crippen LogP contribution in [0.5, 0.6) is 0 Å². The van der Waals surface area contributed by atoms with Crippen molar-refractivity contribution in [3.05, 3.63) is 45.7 Å². The first-order chi connectivity index (χ1) is 10.1. The van der Waals surface area contributed by atoms with Crippen LogP contribution in [0.25, 0.3) is 0 Å². The van der Waals surface area contributed by atoms with Crippen molar-refractivity contribution in [1.82, 2.24) is 0 Å². The van der Waals surface area contributed by atoms with Crippen LogP contribution in [-0.2, 0) is 11.4 Å². The maximum Gasteiger partial charge on any atom is 0.143 e. The molecular weight excluding hydrogens is 334 g/mol. The van der Waals surface area contributed by atoms with E-state index in [0.29, 0.717) is 32.8 Å². The van der Waals surface area contributed by atoms with Crippen LogP contribution in [0.1, 0.15) is 5.56 Å². The number of nitriles is 1. The third-order valence-corrected chi connectivity index (χ3v) is 3.94. The van der Waals surface area contributed by atoms with Crippen molar-refractivity contribution in [2.24, 2.45) is 8.73 Å². The molecule has 0 atom stereocenters. The molecular formula is C13H5Cl2FN4S. The fourth-order valence-corrected chi connectivity index (χ4v) is 3.03. The largest absolute Gasteiger partial charge is 0.351 e. The fourth-order valence-electron chi connectivity index (χ4n) is 1.87. The summed E-state index contributed by atoms with van der Waals surface area (Å²) in [5.41, 5.74) is 1.62. The van der Waals surface area contributed by atoms with Crippen LogP contribution in [0.3, 0.4) is 0 Å². The summed E-state index contributed by atoms with van der Waals surface area (Å²) in [5, 5.41) is 12.7. The van der Waals surface area contributed by atoms with Crippen LogP contribution in [0.4, 0.5) is 27.1 Å². The first-order valence-electron chi connectivity index (χ1n) is 5.67. The second-order valence-corrected chi connectivity index (χ2v) is 5.42. The van der Waals surface area contributed by atoms with Crippen molar-refractivity contribution in [2.45, 2.75) is 0 Å². The molecule has 4 nitrogen and oxygen atoms in total. The van der Waals surface area contributed by atoms with Gasteiger partial charge < -0.3 is 5.32 Å². The Hall–Kier alpha value is -1.94. The summed E-state index contributed by atoms with van der Waals surface area (Å²) in [7, 11) is 0. The minimum Gasteiger partial charge on any atom is -0.351 e. The van der Waals surface area contributed by atoms with Crippen LogP contribution in [-0.4, -0.2) is 0 Å². The Morgan fingerprint density at radius 2 is 1.95 bits per heavy atom. The van der Waals surface area contributed by atoms with Crippen molar-refractivity contribution < 1.29 is 4.39 Å². The molecule has 8 heteroatoms. The third kappa shape index (κ3) is 2.40. The second kappa shape index (κ2) is 5.45. The molecule has 0 aromatic heterocycles. The van der Waals surface area contributed by atoms with Gasteiger partial charge in [-0.3, -0.25) is 0 Å². The average molecular weight is 339 g/mol. The topological polar surface area (TPSA) is 60.5 Å². The lowest BCUT2D eigenvalue weighted by Crippen LogP contribution is -1.97. The summed E-state index contributed by atoms with van der Waals surface area (Å²) >= 11 is 13.2. The molecule has 1 N–H and O–H groups in total.